The van der Waals surface area contributed by atoms with Crippen molar-refractivity contribution in [3.63, 3.8) is 0 Å². The second-order valence-corrected chi connectivity index (χ2v) is 6.91. The van der Waals surface area contributed by atoms with Crippen molar-refractivity contribution in [1.82, 2.24) is 0 Å². The van der Waals surface area contributed by atoms with E-state index in [0.717, 1.165) is 5.75 Å². The molecule has 0 aliphatic carbocycles. The highest BCUT2D eigenvalue weighted by atomic mass is 32.2. The third kappa shape index (κ3) is 3.82. The zero-order valence-corrected chi connectivity index (χ0v) is 14.5. The molecule has 1 unspecified atom stereocenters. The molecule has 2 heteroatoms. The van der Waals surface area contributed by atoms with Gasteiger partial charge in [-0.2, -0.15) is 0 Å². The van der Waals surface area contributed by atoms with Gasteiger partial charge in [-0.05, 0) is 62.3 Å². The van der Waals surface area contributed by atoms with E-state index in [9.17, 15) is 0 Å². The monoisotopic (exact) mass is 299 g/mol. The van der Waals surface area contributed by atoms with Crippen LogP contribution in [0.5, 0.6) is 0 Å². The zero-order valence-electron chi connectivity index (χ0n) is 13.7. The van der Waals surface area contributed by atoms with Gasteiger partial charge in [0.15, 0.2) is 0 Å². The second kappa shape index (κ2) is 7.04. The van der Waals surface area contributed by atoms with E-state index in [1.165, 1.54) is 32.8 Å². The molecule has 0 saturated heterocycles. The van der Waals surface area contributed by atoms with Gasteiger partial charge in [-0.3, -0.25) is 0 Å². The van der Waals surface area contributed by atoms with Gasteiger partial charge in [-0.25, -0.2) is 0 Å². The third-order valence-corrected chi connectivity index (χ3v) is 4.69. The zero-order chi connectivity index (χ0) is 15.4. The molecule has 0 aromatic heterocycles. The first-order valence-corrected chi connectivity index (χ1v) is 8.57. The predicted octanol–water partition coefficient (Wildman–Crippen LogP) is 5.90. The number of aryl methyl sites for hydroxylation is 3. The van der Waals surface area contributed by atoms with Crippen LogP contribution in [0.3, 0.4) is 0 Å². The van der Waals surface area contributed by atoms with Crippen molar-refractivity contribution in [2.24, 2.45) is 0 Å². The first-order valence-electron chi connectivity index (χ1n) is 7.59. The highest BCUT2D eigenvalue weighted by Crippen LogP contribution is 2.31. The van der Waals surface area contributed by atoms with Crippen molar-refractivity contribution >= 4 is 17.4 Å². The topological polar surface area (TPSA) is 12.0 Å². The molecule has 2 aromatic rings. The molecule has 112 valence electrons. The minimum atomic E-state index is 0.309. The van der Waals surface area contributed by atoms with Gasteiger partial charge in [-0.1, -0.05) is 36.8 Å². The summed E-state index contributed by atoms with van der Waals surface area (Å²) in [6.45, 7) is 11.0. The van der Waals surface area contributed by atoms with Crippen LogP contribution in [0.15, 0.2) is 41.3 Å². The Labute approximate surface area is 133 Å². The van der Waals surface area contributed by atoms with Gasteiger partial charge in [0.1, 0.15) is 0 Å². The Kier molecular flexibility index (Phi) is 5.35. The van der Waals surface area contributed by atoms with Crippen LogP contribution >= 0.6 is 11.8 Å². The fourth-order valence-electron chi connectivity index (χ4n) is 3.05. The molecule has 0 spiro atoms. The maximum atomic E-state index is 3.69. The number of anilines is 1. The molecule has 21 heavy (non-hydrogen) atoms. The molecule has 2 rings (SSSR count). The molecule has 0 saturated carbocycles. The van der Waals surface area contributed by atoms with Gasteiger partial charge in [0.25, 0.3) is 0 Å². The maximum absolute atomic E-state index is 3.69. The molecule has 0 fully saturated rings. The van der Waals surface area contributed by atoms with Crippen LogP contribution in [0.25, 0.3) is 0 Å². The van der Waals surface area contributed by atoms with E-state index in [4.69, 9.17) is 0 Å². The Morgan fingerprint density at radius 3 is 2.29 bits per heavy atom. The Hall–Kier alpha value is -1.41. The molecule has 1 nitrogen and oxygen atoms in total. The van der Waals surface area contributed by atoms with Gasteiger partial charge in [0.05, 0.1) is 0 Å². The molecule has 0 amide bonds. The molecule has 0 radical (unpaired) electrons. The quantitative estimate of drug-likeness (QED) is 0.690. The first-order chi connectivity index (χ1) is 10.0. The van der Waals surface area contributed by atoms with E-state index in [1.54, 1.807) is 0 Å². The Morgan fingerprint density at radius 1 is 1.05 bits per heavy atom. The molecule has 2 aromatic carbocycles. The van der Waals surface area contributed by atoms with Gasteiger partial charge < -0.3 is 5.32 Å². The Bertz CT molecular complexity index is 596. The fourth-order valence-corrected chi connectivity index (χ4v) is 3.82. The van der Waals surface area contributed by atoms with E-state index in [0.29, 0.717) is 6.04 Å². The highest BCUT2D eigenvalue weighted by Gasteiger charge is 2.13. The smallest absolute Gasteiger partial charge is 0.0491 e. The van der Waals surface area contributed by atoms with Gasteiger partial charge in [-0.15, -0.1) is 11.8 Å². The number of para-hydroxylation sites is 1. The maximum Gasteiger partial charge on any atom is 0.0491 e. The summed E-state index contributed by atoms with van der Waals surface area (Å²) in [5.74, 6) is 1.09. The van der Waals surface area contributed by atoms with Crippen LogP contribution in [0.1, 0.15) is 42.1 Å². The normalized spacial score (nSPS) is 12.2. The summed E-state index contributed by atoms with van der Waals surface area (Å²) in [5.41, 5.74) is 6.72. The molecule has 1 atom stereocenters. The summed E-state index contributed by atoms with van der Waals surface area (Å²) in [6, 6.07) is 13.4. The van der Waals surface area contributed by atoms with E-state index >= 15 is 0 Å². The van der Waals surface area contributed by atoms with Crippen molar-refractivity contribution in [1.29, 1.82) is 0 Å². The number of thioether (sulfide) groups is 1. The van der Waals surface area contributed by atoms with Crippen LogP contribution in [-0.4, -0.2) is 5.75 Å². The summed E-state index contributed by atoms with van der Waals surface area (Å²) >= 11 is 1.89. The SMILES string of the molecule is CCSc1ccccc1NC(C)c1c(C)cc(C)cc1C. The number of nitrogens with one attached hydrogen (secondary N) is 1. The van der Waals surface area contributed by atoms with E-state index in [1.807, 2.05) is 11.8 Å². The first kappa shape index (κ1) is 16.0. The number of hydrogen-bond acceptors (Lipinski definition) is 2. The second-order valence-electron chi connectivity index (χ2n) is 5.61. The highest BCUT2D eigenvalue weighted by molar-refractivity contribution is 7.99. The van der Waals surface area contributed by atoms with Crippen molar-refractivity contribution < 1.29 is 0 Å². The lowest BCUT2D eigenvalue weighted by Gasteiger charge is -2.22. The van der Waals surface area contributed by atoms with Crippen molar-refractivity contribution in [2.45, 2.75) is 45.6 Å². The molecular formula is C19H25NS. The number of rotatable bonds is 5. The van der Waals surface area contributed by atoms with E-state index in [-0.39, 0.29) is 0 Å². The summed E-state index contributed by atoms with van der Waals surface area (Å²) in [4.78, 5) is 1.33. The Balaban J connectivity index is 2.28. The third-order valence-electron chi connectivity index (χ3n) is 3.73. The molecule has 0 bridgehead atoms. The van der Waals surface area contributed by atoms with Crippen molar-refractivity contribution in [3.8, 4) is 0 Å². The van der Waals surface area contributed by atoms with Crippen LogP contribution in [0.2, 0.25) is 0 Å². The number of hydrogen-bond donors (Lipinski definition) is 1. The van der Waals surface area contributed by atoms with E-state index < -0.39 is 0 Å². The van der Waals surface area contributed by atoms with Crippen LogP contribution in [-0.2, 0) is 0 Å². The van der Waals surface area contributed by atoms with E-state index in [2.05, 4.69) is 76.3 Å². The van der Waals surface area contributed by atoms with Crippen LogP contribution in [0.4, 0.5) is 5.69 Å². The molecule has 0 aliphatic heterocycles. The molecular weight excluding hydrogens is 274 g/mol. The summed E-state index contributed by atoms with van der Waals surface area (Å²) in [7, 11) is 0. The van der Waals surface area contributed by atoms with Crippen molar-refractivity contribution in [2.75, 3.05) is 11.1 Å². The minimum Gasteiger partial charge on any atom is -0.378 e. The minimum absolute atomic E-state index is 0.309. The van der Waals surface area contributed by atoms with Gasteiger partial charge in [0, 0.05) is 16.6 Å². The lowest BCUT2D eigenvalue weighted by molar-refractivity contribution is 0.857. The summed E-state index contributed by atoms with van der Waals surface area (Å²) in [5, 5.41) is 3.69. The largest absolute Gasteiger partial charge is 0.378 e. The average molecular weight is 299 g/mol. The lowest BCUT2D eigenvalue weighted by Crippen LogP contribution is -2.11. The lowest BCUT2D eigenvalue weighted by atomic mass is 9.95. The summed E-state index contributed by atoms with van der Waals surface area (Å²) < 4.78 is 0. The standard InChI is InChI=1S/C19H25NS/c1-6-21-18-10-8-7-9-17(18)20-16(5)19-14(3)11-13(2)12-15(19)4/h7-12,16,20H,6H2,1-5H3. The fraction of sp³-hybridized carbons (Fsp3) is 0.368. The van der Waals surface area contributed by atoms with Gasteiger partial charge in [0.2, 0.25) is 0 Å². The predicted molar refractivity (Wildman–Crippen MR) is 95.5 cm³/mol. The number of benzene rings is 2. The van der Waals surface area contributed by atoms with Crippen LogP contribution in [0, 0.1) is 20.8 Å². The molecule has 0 heterocycles. The average Bonchev–Trinajstić information content (AvgIpc) is 2.40. The Morgan fingerprint density at radius 2 is 1.67 bits per heavy atom. The van der Waals surface area contributed by atoms with Gasteiger partial charge >= 0.3 is 0 Å². The molecule has 0 aliphatic rings. The van der Waals surface area contributed by atoms with Crippen molar-refractivity contribution in [3.05, 3.63) is 58.7 Å². The summed E-state index contributed by atoms with van der Waals surface area (Å²) in [6.07, 6.45) is 0. The van der Waals surface area contributed by atoms with Crippen LogP contribution < -0.4 is 5.32 Å². The molecule has 1 N–H and O–H groups in total.